The van der Waals surface area contributed by atoms with Crippen LogP contribution in [0.1, 0.15) is 37.3 Å². The van der Waals surface area contributed by atoms with Crippen molar-refractivity contribution in [1.29, 1.82) is 0 Å². The van der Waals surface area contributed by atoms with Gasteiger partial charge in [0.05, 0.1) is 17.9 Å². The van der Waals surface area contributed by atoms with E-state index in [-0.39, 0.29) is 23.3 Å². The number of ether oxygens (including phenoxy) is 1. The average molecular weight is 486 g/mol. The predicted molar refractivity (Wildman–Crippen MR) is 129 cm³/mol. The van der Waals surface area contributed by atoms with Gasteiger partial charge in [-0.1, -0.05) is 12.1 Å². The van der Waals surface area contributed by atoms with Gasteiger partial charge in [-0.05, 0) is 67.1 Å². The van der Waals surface area contributed by atoms with Crippen molar-refractivity contribution in [3.8, 4) is 5.75 Å². The second kappa shape index (κ2) is 10.1. The second-order valence-electron chi connectivity index (χ2n) is 8.84. The van der Waals surface area contributed by atoms with Crippen molar-refractivity contribution in [2.24, 2.45) is 5.92 Å². The molecule has 2 aliphatic rings. The van der Waals surface area contributed by atoms with Crippen molar-refractivity contribution in [2.45, 2.75) is 44.0 Å². The number of benzene rings is 2. The van der Waals surface area contributed by atoms with Gasteiger partial charge in [-0.25, -0.2) is 8.42 Å². The number of piperidine rings is 1. The van der Waals surface area contributed by atoms with E-state index in [1.54, 1.807) is 30.2 Å². The molecule has 0 spiro atoms. The molecule has 0 saturated carbocycles. The Morgan fingerprint density at radius 1 is 1.12 bits per heavy atom. The number of fused-ring (bicyclic) bond motifs is 1. The van der Waals surface area contributed by atoms with Crippen LogP contribution in [0.3, 0.4) is 0 Å². The highest BCUT2D eigenvalue weighted by atomic mass is 32.2. The van der Waals surface area contributed by atoms with Crippen molar-refractivity contribution in [2.75, 3.05) is 31.6 Å². The number of rotatable bonds is 6. The van der Waals surface area contributed by atoms with Crippen molar-refractivity contribution in [3.63, 3.8) is 0 Å². The molecule has 0 aromatic heterocycles. The Hall–Kier alpha value is -2.91. The number of anilines is 1. The van der Waals surface area contributed by atoms with E-state index in [2.05, 4.69) is 5.32 Å². The van der Waals surface area contributed by atoms with Crippen LogP contribution in [0.15, 0.2) is 47.4 Å². The maximum Gasteiger partial charge on any atom is 0.243 e. The third-order valence-corrected chi connectivity index (χ3v) is 8.40. The summed E-state index contributed by atoms with van der Waals surface area (Å²) in [5.41, 5.74) is 2.57. The molecule has 2 heterocycles. The van der Waals surface area contributed by atoms with E-state index in [4.69, 9.17) is 4.74 Å². The molecule has 34 heavy (non-hydrogen) atoms. The van der Waals surface area contributed by atoms with Gasteiger partial charge in [0.2, 0.25) is 21.8 Å². The van der Waals surface area contributed by atoms with Crippen LogP contribution < -0.4 is 15.0 Å². The molecule has 0 radical (unpaired) electrons. The first-order valence-electron chi connectivity index (χ1n) is 11.6. The number of carbonyl (C=O) groups excluding carboxylic acids is 2. The summed E-state index contributed by atoms with van der Waals surface area (Å²) in [6.07, 6.45) is 2.81. The Morgan fingerprint density at radius 3 is 2.71 bits per heavy atom. The molecular formula is C25H31N3O5S. The van der Waals surface area contributed by atoms with Crippen LogP contribution in [0, 0.1) is 5.92 Å². The van der Waals surface area contributed by atoms with Crippen LogP contribution in [0.4, 0.5) is 5.69 Å². The number of nitrogens with zero attached hydrogens (tertiary/aromatic N) is 2. The lowest BCUT2D eigenvalue weighted by atomic mass is 9.99. The number of hydrogen-bond acceptors (Lipinski definition) is 5. The number of hydrogen-bond donors (Lipinski definition) is 1. The lowest BCUT2D eigenvalue weighted by Gasteiger charge is -2.32. The SMILES string of the molecule is COc1cccc(CNC(=O)C2CCCN(S(=O)(=O)c3ccc4c(c3)CCCN4C(C)=O)C2)c1. The highest BCUT2D eigenvalue weighted by Crippen LogP contribution is 2.31. The Kier molecular flexibility index (Phi) is 7.23. The first-order valence-corrected chi connectivity index (χ1v) is 13.1. The molecule has 1 N–H and O–H groups in total. The molecule has 1 atom stereocenters. The first-order chi connectivity index (χ1) is 16.3. The summed E-state index contributed by atoms with van der Waals surface area (Å²) in [5, 5.41) is 2.93. The van der Waals surface area contributed by atoms with Gasteiger partial charge in [-0.2, -0.15) is 4.31 Å². The zero-order valence-corrected chi connectivity index (χ0v) is 20.4. The van der Waals surface area contributed by atoms with E-state index < -0.39 is 15.9 Å². The Bertz CT molecular complexity index is 1180. The predicted octanol–water partition coefficient (Wildman–Crippen LogP) is 2.71. The summed E-state index contributed by atoms with van der Waals surface area (Å²) in [7, 11) is -2.15. The van der Waals surface area contributed by atoms with Crippen LogP contribution in [0.2, 0.25) is 0 Å². The zero-order valence-electron chi connectivity index (χ0n) is 19.6. The van der Waals surface area contributed by atoms with Crippen LogP contribution in [0.5, 0.6) is 5.75 Å². The number of nitrogens with one attached hydrogen (secondary N) is 1. The summed E-state index contributed by atoms with van der Waals surface area (Å²) in [6.45, 7) is 3.07. The maximum atomic E-state index is 13.4. The maximum absolute atomic E-state index is 13.4. The topological polar surface area (TPSA) is 96.0 Å². The largest absolute Gasteiger partial charge is 0.497 e. The average Bonchev–Trinajstić information content (AvgIpc) is 2.86. The Labute approximate surface area is 200 Å². The van der Waals surface area contributed by atoms with Gasteiger partial charge >= 0.3 is 0 Å². The second-order valence-corrected chi connectivity index (χ2v) is 10.8. The Balaban J connectivity index is 1.44. The van der Waals surface area contributed by atoms with E-state index in [0.29, 0.717) is 32.5 Å². The van der Waals surface area contributed by atoms with Gasteiger partial charge in [-0.15, -0.1) is 0 Å². The van der Waals surface area contributed by atoms with E-state index in [0.717, 1.165) is 35.4 Å². The van der Waals surface area contributed by atoms with E-state index in [1.807, 2.05) is 24.3 Å². The fourth-order valence-electron chi connectivity index (χ4n) is 4.70. The summed E-state index contributed by atoms with van der Waals surface area (Å²) < 4.78 is 33.4. The van der Waals surface area contributed by atoms with Crippen LogP contribution in [0.25, 0.3) is 0 Å². The van der Waals surface area contributed by atoms with E-state index in [1.165, 1.54) is 11.2 Å². The van der Waals surface area contributed by atoms with Crippen molar-refractivity contribution >= 4 is 27.5 Å². The standard InChI is InChI=1S/C25H31N3O5S/c1-18(29)28-13-5-7-20-15-23(10-11-24(20)28)34(31,32)27-12-4-8-21(17-27)25(30)26-16-19-6-3-9-22(14-19)33-2/h3,6,9-11,14-15,21H,4-5,7-8,12-13,16-17H2,1-2H3,(H,26,30). The van der Waals surface area contributed by atoms with Gasteiger partial charge in [0.15, 0.2) is 0 Å². The van der Waals surface area contributed by atoms with Gasteiger partial charge in [0.1, 0.15) is 5.75 Å². The zero-order chi connectivity index (χ0) is 24.3. The molecule has 1 unspecified atom stereocenters. The minimum Gasteiger partial charge on any atom is -0.497 e. The molecule has 1 fully saturated rings. The summed E-state index contributed by atoms with van der Waals surface area (Å²) >= 11 is 0. The number of carbonyl (C=O) groups is 2. The lowest BCUT2D eigenvalue weighted by Crippen LogP contribution is -2.45. The van der Waals surface area contributed by atoms with Crippen molar-refractivity contribution in [3.05, 3.63) is 53.6 Å². The Morgan fingerprint density at radius 2 is 1.94 bits per heavy atom. The van der Waals surface area contributed by atoms with Gasteiger partial charge in [-0.3, -0.25) is 9.59 Å². The smallest absolute Gasteiger partial charge is 0.243 e. The number of amides is 2. The third-order valence-electron chi connectivity index (χ3n) is 6.54. The molecule has 8 nitrogen and oxygen atoms in total. The van der Waals surface area contributed by atoms with Gasteiger partial charge in [0.25, 0.3) is 0 Å². The monoisotopic (exact) mass is 485 g/mol. The molecule has 4 rings (SSSR count). The van der Waals surface area contributed by atoms with Crippen molar-refractivity contribution < 1.29 is 22.7 Å². The number of methoxy groups -OCH3 is 1. The molecule has 0 bridgehead atoms. The lowest BCUT2D eigenvalue weighted by molar-refractivity contribution is -0.126. The summed E-state index contributed by atoms with van der Waals surface area (Å²) in [5.74, 6) is 0.124. The molecular weight excluding hydrogens is 454 g/mol. The number of aryl methyl sites for hydroxylation is 1. The third kappa shape index (κ3) is 5.10. The van der Waals surface area contributed by atoms with Gasteiger partial charge in [0, 0.05) is 38.8 Å². The van der Waals surface area contributed by atoms with Crippen LogP contribution >= 0.6 is 0 Å². The highest BCUT2D eigenvalue weighted by Gasteiger charge is 2.34. The molecule has 0 aliphatic carbocycles. The fourth-order valence-corrected chi connectivity index (χ4v) is 6.28. The van der Waals surface area contributed by atoms with E-state index >= 15 is 0 Å². The quantitative estimate of drug-likeness (QED) is 0.679. The number of sulfonamides is 1. The summed E-state index contributed by atoms with van der Waals surface area (Å²) in [6, 6.07) is 12.5. The molecule has 9 heteroatoms. The molecule has 2 aromatic carbocycles. The van der Waals surface area contributed by atoms with Gasteiger partial charge < -0.3 is 15.0 Å². The molecule has 1 saturated heterocycles. The molecule has 2 aliphatic heterocycles. The summed E-state index contributed by atoms with van der Waals surface area (Å²) in [4.78, 5) is 26.7. The first kappa shape index (κ1) is 24.2. The van der Waals surface area contributed by atoms with Crippen molar-refractivity contribution in [1.82, 2.24) is 9.62 Å². The van der Waals surface area contributed by atoms with Crippen LogP contribution in [-0.2, 0) is 32.6 Å². The molecule has 2 amide bonds. The molecule has 2 aromatic rings. The fraction of sp³-hybridized carbons (Fsp3) is 0.440. The minimum atomic E-state index is -3.74. The van der Waals surface area contributed by atoms with E-state index in [9.17, 15) is 18.0 Å². The highest BCUT2D eigenvalue weighted by molar-refractivity contribution is 7.89. The molecule has 182 valence electrons. The minimum absolute atomic E-state index is 0.0459. The normalized spacial score (nSPS) is 18.8. The van der Waals surface area contributed by atoms with Crippen LogP contribution in [-0.4, -0.2) is 51.3 Å².